The zero-order valence-electron chi connectivity index (χ0n) is 9.27. The van der Waals surface area contributed by atoms with Crippen LogP contribution in [0.3, 0.4) is 0 Å². The third-order valence-electron chi connectivity index (χ3n) is 3.68. The van der Waals surface area contributed by atoms with Crippen LogP contribution in [0.25, 0.3) is 0 Å². The Balaban J connectivity index is 1.57. The number of aromatic nitrogens is 1. The van der Waals surface area contributed by atoms with Gasteiger partial charge in [-0.1, -0.05) is 11.6 Å². The minimum atomic E-state index is 0.558. The van der Waals surface area contributed by atoms with Gasteiger partial charge in [0.15, 0.2) is 0 Å². The smallest absolute Gasteiger partial charge is 0.139 e. The third kappa shape index (κ3) is 1.89. The van der Waals surface area contributed by atoms with E-state index in [1.165, 1.54) is 12.8 Å². The second-order valence-electron chi connectivity index (χ2n) is 4.77. The first kappa shape index (κ1) is 10.4. The van der Waals surface area contributed by atoms with Crippen molar-refractivity contribution in [2.75, 3.05) is 13.7 Å². The average molecular weight is 239 g/mol. The Morgan fingerprint density at radius 2 is 2.38 bits per heavy atom. The van der Waals surface area contributed by atoms with E-state index >= 15 is 0 Å². The molecule has 0 radical (unpaired) electrons. The lowest BCUT2D eigenvalue weighted by molar-refractivity contribution is 0.176. The number of ether oxygens (including phenoxy) is 1. The Hall–Kier alpha value is -0.800. The number of nitrogens with zero attached hydrogens (tertiary/aromatic N) is 2. The summed E-state index contributed by atoms with van der Waals surface area (Å²) in [5, 5.41) is 0.625. The fourth-order valence-electron chi connectivity index (χ4n) is 2.62. The molecule has 1 aromatic rings. The second-order valence-corrected chi connectivity index (χ2v) is 5.20. The molecule has 0 amide bonds. The predicted octanol–water partition coefficient (Wildman–Crippen LogP) is 2.21. The van der Waals surface area contributed by atoms with Crippen molar-refractivity contribution < 1.29 is 4.74 Å². The standard InChI is InChI=1S/C12H15ClN2O/c1-15-10(2-8-3-12(8)15)7-16-11-4-9(13)5-14-6-11/h4-6,8,10,12H,2-3,7H2,1H3. The summed E-state index contributed by atoms with van der Waals surface area (Å²) in [6, 6.07) is 3.19. The van der Waals surface area contributed by atoms with Crippen LogP contribution < -0.4 is 4.74 Å². The van der Waals surface area contributed by atoms with Gasteiger partial charge in [-0.15, -0.1) is 0 Å². The molecule has 2 aliphatic rings. The van der Waals surface area contributed by atoms with Crippen LogP contribution in [0.5, 0.6) is 5.75 Å². The van der Waals surface area contributed by atoms with E-state index in [2.05, 4.69) is 16.9 Å². The monoisotopic (exact) mass is 238 g/mol. The molecule has 1 saturated carbocycles. The maximum atomic E-state index is 5.85. The number of hydrogen-bond donors (Lipinski definition) is 0. The molecular weight excluding hydrogens is 224 g/mol. The number of likely N-dealkylation sites (N-methyl/N-ethyl adjacent to an activating group) is 1. The normalized spacial score (nSPS) is 32.5. The van der Waals surface area contributed by atoms with Crippen LogP contribution in [0.4, 0.5) is 0 Å². The van der Waals surface area contributed by atoms with E-state index < -0.39 is 0 Å². The minimum Gasteiger partial charge on any atom is -0.490 e. The molecule has 0 spiro atoms. The molecule has 1 aliphatic carbocycles. The van der Waals surface area contributed by atoms with Gasteiger partial charge in [0.1, 0.15) is 12.4 Å². The van der Waals surface area contributed by atoms with Gasteiger partial charge in [-0.25, -0.2) is 0 Å². The Kier molecular flexibility index (Phi) is 2.52. The number of rotatable bonds is 3. The molecular formula is C12H15ClN2O. The van der Waals surface area contributed by atoms with Crippen molar-refractivity contribution in [1.82, 2.24) is 9.88 Å². The van der Waals surface area contributed by atoms with Crippen molar-refractivity contribution in [3.05, 3.63) is 23.5 Å². The summed E-state index contributed by atoms with van der Waals surface area (Å²) in [5.74, 6) is 1.69. The SMILES string of the molecule is CN1C(COc2cncc(Cl)c2)CC2CC21. The summed E-state index contributed by atoms with van der Waals surface area (Å²) in [4.78, 5) is 6.45. The maximum Gasteiger partial charge on any atom is 0.139 e. The average Bonchev–Trinajstić information content (AvgIpc) is 2.96. The van der Waals surface area contributed by atoms with Gasteiger partial charge in [0.05, 0.1) is 11.2 Å². The highest BCUT2D eigenvalue weighted by Gasteiger charge is 2.50. The van der Waals surface area contributed by atoms with Crippen LogP contribution in [0.1, 0.15) is 12.8 Å². The molecule has 3 rings (SSSR count). The van der Waals surface area contributed by atoms with E-state index in [0.29, 0.717) is 11.1 Å². The molecule has 86 valence electrons. The molecule has 3 atom stereocenters. The number of hydrogen-bond acceptors (Lipinski definition) is 3. The number of pyridine rings is 1. The molecule has 16 heavy (non-hydrogen) atoms. The van der Waals surface area contributed by atoms with Gasteiger partial charge in [-0.3, -0.25) is 9.88 Å². The van der Waals surface area contributed by atoms with Crippen molar-refractivity contribution in [1.29, 1.82) is 0 Å². The van der Waals surface area contributed by atoms with Gasteiger partial charge in [-0.05, 0) is 25.8 Å². The first-order valence-corrected chi connectivity index (χ1v) is 6.07. The molecule has 1 saturated heterocycles. The number of halogens is 1. The van der Waals surface area contributed by atoms with E-state index in [4.69, 9.17) is 16.3 Å². The van der Waals surface area contributed by atoms with Crippen molar-refractivity contribution in [3.63, 3.8) is 0 Å². The summed E-state index contributed by atoms with van der Waals surface area (Å²) in [6.45, 7) is 0.742. The zero-order chi connectivity index (χ0) is 11.1. The van der Waals surface area contributed by atoms with Gasteiger partial charge in [0.2, 0.25) is 0 Å². The van der Waals surface area contributed by atoms with Crippen LogP contribution in [0, 0.1) is 5.92 Å². The van der Waals surface area contributed by atoms with Crippen molar-refractivity contribution >= 4 is 11.6 Å². The molecule has 2 heterocycles. The van der Waals surface area contributed by atoms with Gasteiger partial charge in [-0.2, -0.15) is 0 Å². The summed E-state index contributed by atoms with van der Waals surface area (Å²) in [7, 11) is 2.20. The van der Waals surface area contributed by atoms with E-state index in [1.54, 1.807) is 12.4 Å². The molecule has 3 unspecified atom stereocenters. The largest absolute Gasteiger partial charge is 0.490 e. The summed E-state index contributed by atoms with van der Waals surface area (Å²) >= 11 is 5.85. The van der Waals surface area contributed by atoms with E-state index in [0.717, 1.165) is 24.3 Å². The number of fused-ring (bicyclic) bond motifs is 1. The molecule has 1 aliphatic heterocycles. The van der Waals surface area contributed by atoms with E-state index in [9.17, 15) is 0 Å². The van der Waals surface area contributed by atoms with Crippen LogP contribution in [-0.2, 0) is 0 Å². The molecule has 0 bridgehead atoms. The highest BCUT2D eigenvalue weighted by atomic mass is 35.5. The highest BCUT2D eigenvalue weighted by Crippen LogP contribution is 2.46. The Morgan fingerprint density at radius 3 is 3.06 bits per heavy atom. The first-order chi connectivity index (χ1) is 7.74. The fraction of sp³-hybridized carbons (Fsp3) is 0.583. The summed E-state index contributed by atoms with van der Waals surface area (Å²) in [5.41, 5.74) is 0. The quantitative estimate of drug-likeness (QED) is 0.808. The zero-order valence-corrected chi connectivity index (χ0v) is 10.0. The summed E-state index contributed by atoms with van der Waals surface area (Å²) in [6.07, 6.45) is 5.98. The minimum absolute atomic E-state index is 0.558. The lowest BCUT2D eigenvalue weighted by Gasteiger charge is -2.22. The van der Waals surface area contributed by atoms with Crippen LogP contribution in [-0.4, -0.2) is 35.6 Å². The molecule has 0 N–H and O–H groups in total. The van der Waals surface area contributed by atoms with Gasteiger partial charge >= 0.3 is 0 Å². The van der Waals surface area contributed by atoms with E-state index in [1.807, 2.05) is 6.07 Å². The highest BCUT2D eigenvalue weighted by molar-refractivity contribution is 6.30. The Labute approximate surface area is 100 Å². The first-order valence-electron chi connectivity index (χ1n) is 5.69. The van der Waals surface area contributed by atoms with Crippen LogP contribution in [0.2, 0.25) is 5.02 Å². The van der Waals surface area contributed by atoms with Gasteiger partial charge in [0, 0.05) is 24.3 Å². The van der Waals surface area contributed by atoms with Crippen molar-refractivity contribution in [3.8, 4) is 5.75 Å². The van der Waals surface area contributed by atoms with Gasteiger partial charge in [0.25, 0.3) is 0 Å². The van der Waals surface area contributed by atoms with Crippen molar-refractivity contribution in [2.45, 2.75) is 24.9 Å². The molecule has 0 aromatic carbocycles. The van der Waals surface area contributed by atoms with Gasteiger partial charge < -0.3 is 4.74 Å². The number of piperidine rings is 1. The fourth-order valence-corrected chi connectivity index (χ4v) is 2.78. The molecule has 4 heteroatoms. The molecule has 2 fully saturated rings. The second kappa shape index (κ2) is 3.90. The van der Waals surface area contributed by atoms with Crippen LogP contribution in [0.15, 0.2) is 18.5 Å². The molecule has 1 aromatic heterocycles. The van der Waals surface area contributed by atoms with Crippen molar-refractivity contribution in [2.24, 2.45) is 5.92 Å². The Bertz CT molecular complexity index is 398. The lowest BCUT2D eigenvalue weighted by Crippen LogP contribution is -2.33. The third-order valence-corrected chi connectivity index (χ3v) is 3.89. The number of likely N-dealkylation sites (tertiary alicyclic amines) is 1. The van der Waals surface area contributed by atoms with E-state index in [-0.39, 0.29) is 0 Å². The maximum absolute atomic E-state index is 5.85. The molecule has 3 nitrogen and oxygen atoms in total. The predicted molar refractivity (Wildman–Crippen MR) is 62.8 cm³/mol. The topological polar surface area (TPSA) is 25.4 Å². The lowest BCUT2D eigenvalue weighted by atomic mass is 10.2. The Morgan fingerprint density at radius 1 is 1.50 bits per heavy atom. The van der Waals surface area contributed by atoms with Crippen LogP contribution >= 0.6 is 11.6 Å². The summed E-state index contributed by atoms with van der Waals surface area (Å²) < 4.78 is 5.72.